The topological polar surface area (TPSA) is 68.5 Å². The molecule has 1 amide bonds. The zero-order valence-electron chi connectivity index (χ0n) is 14.6. The third-order valence-electron chi connectivity index (χ3n) is 3.56. The largest absolute Gasteiger partial charge is 0.444 e. The number of carbonyl (C=O) groups is 1. The number of rotatable bonds is 2. The molecule has 1 heterocycles. The summed E-state index contributed by atoms with van der Waals surface area (Å²) in [7, 11) is 0. The minimum absolute atomic E-state index is 0.349. The normalized spacial score (nSPS) is 11.4. The Bertz CT molecular complexity index is 1030. The molecule has 0 saturated carbocycles. The summed E-state index contributed by atoms with van der Waals surface area (Å²) < 4.78 is 11.4. The van der Waals surface area contributed by atoms with Crippen LogP contribution in [0.4, 0.5) is 10.5 Å². The lowest BCUT2D eigenvalue weighted by Crippen LogP contribution is -2.27. The van der Waals surface area contributed by atoms with E-state index in [0.717, 1.165) is 5.39 Å². The summed E-state index contributed by atoms with van der Waals surface area (Å²) in [4.78, 5) is 24.7. The summed E-state index contributed by atoms with van der Waals surface area (Å²) >= 11 is 3.46. The lowest BCUT2D eigenvalue weighted by Gasteiger charge is -2.20. The summed E-state index contributed by atoms with van der Waals surface area (Å²) in [5.41, 5.74) is 0.743. The molecular formula is C20H18BrNO4. The minimum atomic E-state index is -0.627. The Morgan fingerprint density at radius 2 is 1.85 bits per heavy atom. The molecule has 0 aliphatic rings. The third-order valence-corrected chi connectivity index (χ3v) is 4.22. The molecule has 1 aromatic heterocycles. The lowest BCUT2D eigenvalue weighted by molar-refractivity contribution is 0.0636. The van der Waals surface area contributed by atoms with Gasteiger partial charge in [-0.05, 0) is 45.0 Å². The van der Waals surface area contributed by atoms with Crippen molar-refractivity contribution in [3.05, 3.63) is 63.4 Å². The van der Waals surface area contributed by atoms with Gasteiger partial charge >= 0.3 is 11.7 Å². The van der Waals surface area contributed by atoms with Crippen LogP contribution in [-0.4, -0.2) is 11.7 Å². The van der Waals surface area contributed by atoms with Gasteiger partial charge in [-0.15, -0.1) is 0 Å². The maximum Gasteiger partial charge on any atom is 0.412 e. The number of benzene rings is 2. The monoisotopic (exact) mass is 415 g/mol. The van der Waals surface area contributed by atoms with Crippen molar-refractivity contribution in [3.63, 3.8) is 0 Å². The van der Waals surface area contributed by atoms with E-state index in [1.807, 2.05) is 12.1 Å². The van der Waals surface area contributed by atoms with Gasteiger partial charge in [-0.1, -0.05) is 40.2 Å². The number of hydrogen-bond acceptors (Lipinski definition) is 4. The molecule has 0 aliphatic heterocycles. The zero-order valence-corrected chi connectivity index (χ0v) is 16.2. The fourth-order valence-electron chi connectivity index (χ4n) is 2.55. The van der Waals surface area contributed by atoms with Crippen LogP contribution in [0.5, 0.6) is 0 Å². The van der Waals surface area contributed by atoms with Crippen molar-refractivity contribution >= 4 is 38.7 Å². The van der Waals surface area contributed by atoms with Crippen LogP contribution in [0.25, 0.3) is 22.1 Å². The second kappa shape index (κ2) is 6.96. The van der Waals surface area contributed by atoms with Gasteiger partial charge in [0.25, 0.3) is 0 Å². The van der Waals surface area contributed by atoms with Gasteiger partial charge in [-0.25, -0.2) is 9.59 Å². The van der Waals surface area contributed by atoms with E-state index in [1.165, 1.54) is 0 Å². The molecule has 0 unspecified atom stereocenters. The molecule has 26 heavy (non-hydrogen) atoms. The average molecular weight is 416 g/mol. The Labute approximate surface area is 159 Å². The molecule has 0 atom stereocenters. The van der Waals surface area contributed by atoms with Gasteiger partial charge in [0.05, 0.1) is 11.3 Å². The van der Waals surface area contributed by atoms with Gasteiger partial charge in [-0.2, -0.15) is 0 Å². The number of para-hydroxylation sites is 1. The van der Waals surface area contributed by atoms with Gasteiger partial charge in [0.2, 0.25) is 0 Å². The lowest BCUT2D eigenvalue weighted by atomic mass is 10.0. The Morgan fingerprint density at radius 1 is 1.12 bits per heavy atom. The highest BCUT2D eigenvalue weighted by Crippen LogP contribution is 2.35. The Balaban J connectivity index is 2.10. The highest BCUT2D eigenvalue weighted by molar-refractivity contribution is 9.10. The second-order valence-electron chi connectivity index (χ2n) is 6.77. The van der Waals surface area contributed by atoms with E-state index in [-0.39, 0.29) is 0 Å². The van der Waals surface area contributed by atoms with Crippen LogP contribution < -0.4 is 10.9 Å². The summed E-state index contributed by atoms with van der Waals surface area (Å²) in [5.74, 6) is 0. The van der Waals surface area contributed by atoms with Gasteiger partial charge in [0.1, 0.15) is 11.2 Å². The summed E-state index contributed by atoms with van der Waals surface area (Å²) in [5, 5.41) is 3.50. The average Bonchev–Trinajstić information content (AvgIpc) is 2.53. The van der Waals surface area contributed by atoms with E-state index in [1.54, 1.807) is 57.2 Å². The summed E-state index contributed by atoms with van der Waals surface area (Å²) in [6, 6.07) is 14.3. The standard InChI is InChI=1S/C20H18BrNO4/c1-20(2,3)26-19(24)22-15-9-6-8-14(21)17(15)13-11-12-7-4-5-10-16(12)25-18(13)23/h4-11H,1-3H3,(H,22,24). The van der Waals surface area contributed by atoms with Crippen molar-refractivity contribution in [2.24, 2.45) is 0 Å². The number of anilines is 1. The molecular weight excluding hydrogens is 398 g/mol. The molecule has 1 N–H and O–H groups in total. The number of halogens is 1. The molecule has 5 nitrogen and oxygen atoms in total. The molecule has 0 radical (unpaired) electrons. The number of nitrogens with one attached hydrogen (secondary N) is 1. The van der Waals surface area contributed by atoms with Gasteiger partial charge in [0.15, 0.2) is 0 Å². The van der Waals surface area contributed by atoms with Crippen LogP contribution >= 0.6 is 15.9 Å². The fourth-order valence-corrected chi connectivity index (χ4v) is 3.13. The van der Waals surface area contributed by atoms with Gasteiger partial charge in [0, 0.05) is 15.4 Å². The second-order valence-corrected chi connectivity index (χ2v) is 7.63. The predicted molar refractivity (Wildman–Crippen MR) is 105 cm³/mol. The van der Waals surface area contributed by atoms with E-state index in [0.29, 0.717) is 26.9 Å². The van der Waals surface area contributed by atoms with Crippen molar-refractivity contribution in [1.29, 1.82) is 0 Å². The SMILES string of the molecule is CC(C)(C)OC(=O)Nc1cccc(Br)c1-c1cc2ccccc2oc1=O. The molecule has 0 aliphatic carbocycles. The van der Waals surface area contributed by atoms with Crippen molar-refractivity contribution < 1.29 is 13.9 Å². The van der Waals surface area contributed by atoms with Crippen LogP contribution in [-0.2, 0) is 4.74 Å². The third kappa shape index (κ3) is 3.96. The summed E-state index contributed by atoms with van der Waals surface area (Å²) in [6.07, 6.45) is -0.595. The molecule has 3 aromatic rings. The molecule has 134 valence electrons. The van der Waals surface area contributed by atoms with E-state index in [2.05, 4.69) is 21.2 Å². The van der Waals surface area contributed by atoms with E-state index < -0.39 is 17.3 Å². The maximum absolute atomic E-state index is 12.5. The van der Waals surface area contributed by atoms with Crippen LogP contribution in [0, 0.1) is 0 Å². The minimum Gasteiger partial charge on any atom is -0.444 e. The summed E-state index contributed by atoms with van der Waals surface area (Å²) in [6.45, 7) is 5.35. The predicted octanol–water partition coefficient (Wildman–Crippen LogP) is 5.57. The number of hydrogen-bond donors (Lipinski definition) is 1. The Hall–Kier alpha value is -2.60. The van der Waals surface area contributed by atoms with Crippen LogP contribution in [0.2, 0.25) is 0 Å². The Morgan fingerprint density at radius 3 is 2.58 bits per heavy atom. The van der Waals surface area contributed by atoms with E-state index >= 15 is 0 Å². The highest BCUT2D eigenvalue weighted by Gasteiger charge is 2.20. The molecule has 0 bridgehead atoms. The maximum atomic E-state index is 12.5. The number of amides is 1. The zero-order chi connectivity index (χ0) is 18.9. The van der Waals surface area contributed by atoms with E-state index in [9.17, 15) is 9.59 Å². The van der Waals surface area contributed by atoms with Crippen LogP contribution in [0.15, 0.2) is 62.2 Å². The first-order chi connectivity index (χ1) is 12.2. The number of fused-ring (bicyclic) bond motifs is 1. The molecule has 0 fully saturated rings. The van der Waals surface area contributed by atoms with Crippen LogP contribution in [0.3, 0.4) is 0 Å². The Kier molecular flexibility index (Phi) is 4.87. The van der Waals surface area contributed by atoms with Crippen molar-refractivity contribution in [2.75, 3.05) is 5.32 Å². The van der Waals surface area contributed by atoms with Crippen molar-refractivity contribution in [1.82, 2.24) is 0 Å². The quantitative estimate of drug-likeness (QED) is 0.555. The first kappa shape index (κ1) is 18.2. The van der Waals surface area contributed by atoms with Gasteiger partial charge in [-0.3, -0.25) is 5.32 Å². The fraction of sp³-hybridized carbons (Fsp3) is 0.200. The smallest absolute Gasteiger partial charge is 0.412 e. The molecule has 0 spiro atoms. The van der Waals surface area contributed by atoms with Crippen molar-refractivity contribution in [2.45, 2.75) is 26.4 Å². The molecule has 0 saturated heterocycles. The van der Waals surface area contributed by atoms with Crippen LogP contribution in [0.1, 0.15) is 20.8 Å². The van der Waals surface area contributed by atoms with Gasteiger partial charge < -0.3 is 9.15 Å². The number of carbonyl (C=O) groups excluding carboxylic acids is 1. The first-order valence-corrected chi connectivity index (χ1v) is 8.86. The highest BCUT2D eigenvalue weighted by atomic mass is 79.9. The van der Waals surface area contributed by atoms with E-state index in [4.69, 9.17) is 9.15 Å². The first-order valence-electron chi connectivity index (χ1n) is 8.06. The molecule has 2 aromatic carbocycles. The van der Waals surface area contributed by atoms with Crippen molar-refractivity contribution in [3.8, 4) is 11.1 Å². The molecule has 6 heteroatoms. The number of ether oxygens (including phenoxy) is 1. The molecule has 3 rings (SSSR count).